The maximum absolute atomic E-state index is 12.7. The van der Waals surface area contributed by atoms with Gasteiger partial charge < -0.3 is 33.0 Å². The van der Waals surface area contributed by atoms with Crippen molar-refractivity contribution in [3.8, 4) is 0 Å². The molecule has 0 rings (SSSR count). The first-order chi connectivity index (χ1) is 27.4. The van der Waals surface area contributed by atoms with E-state index >= 15 is 0 Å². The van der Waals surface area contributed by atoms with Gasteiger partial charge in [0.1, 0.15) is 19.8 Å². The maximum atomic E-state index is 12.7. The topological polar surface area (TPSA) is 131 Å². The number of aliphatic hydroxyl groups is 1. The van der Waals surface area contributed by atoms with Gasteiger partial charge in [-0.3, -0.25) is 14.2 Å². The molecule has 0 saturated heterocycles. The number of hydrogen-bond acceptors (Lipinski definition) is 9. The molecule has 324 valence electrons. The molecule has 0 aliphatic rings. The van der Waals surface area contributed by atoms with Crippen LogP contribution in [0, 0.1) is 0 Å². The van der Waals surface area contributed by atoms with Crippen molar-refractivity contribution < 1.29 is 47.2 Å². The zero-order valence-electron chi connectivity index (χ0n) is 35.8. The van der Waals surface area contributed by atoms with Crippen LogP contribution in [0.2, 0.25) is 0 Å². The van der Waals surface area contributed by atoms with Crippen molar-refractivity contribution in [3.63, 3.8) is 0 Å². The third kappa shape index (κ3) is 40.9. The lowest BCUT2D eigenvalue weighted by molar-refractivity contribution is -0.870. The summed E-state index contributed by atoms with van der Waals surface area (Å²) in [5.74, 6) is -0.992. The van der Waals surface area contributed by atoms with Crippen LogP contribution < -0.4 is 4.89 Å². The molecule has 0 bridgehead atoms. The monoisotopic (exact) mass is 818 g/mol. The minimum Gasteiger partial charge on any atom is -0.756 e. The fourth-order valence-electron chi connectivity index (χ4n) is 4.93. The van der Waals surface area contributed by atoms with Gasteiger partial charge in [-0.1, -0.05) is 137 Å². The number of esters is 2. The number of carbonyl (C=O) groups excluding carboxylic acids is 2. The van der Waals surface area contributed by atoms with Crippen LogP contribution in [0.3, 0.4) is 0 Å². The fraction of sp³-hybridized carbons (Fsp3) is 0.609. The fourth-order valence-corrected chi connectivity index (χ4v) is 5.66. The van der Waals surface area contributed by atoms with E-state index in [2.05, 4.69) is 80.7 Å². The quantitative estimate of drug-likeness (QED) is 0.0164. The largest absolute Gasteiger partial charge is 0.756 e. The molecule has 0 aromatic heterocycles. The third-order valence-electron chi connectivity index (χ3n) is 8.20. The summed E-state index contributed by atoms with van der Waals surface area (Å²) in [4.78, 5) is 37.5. The number of quaternary nitrogens is 1. The smallest absolute Gasteiger partial charge is 0.306 e. The molecule has 11 heteroatoms. The van der Waals surface area contributed by atoms with Crippen LogP contribution in [0.15, 0.2) is 97.2 Å². The van der Waals surface area contributed by atoms with E-state index in [1.807, 2.05) is 45.4 Å². The van der Waals surface area contributed by atoms with Gasteiger partial charge in [-0.25, -0.2) is 0 Å². The molecule has 10 nitrogen and oxygen atoms in total. The number of nitrogens with zero attached hydrogens (tertiary/aromatic N) is 1. The van der Waals surface area contributed by atoms with E-state index in [1.54, 1.807) is 6.08 Å². The summed E-state index contributed by atoms with van der Waals surface area (Å²) in [6, 6.07) is 0. The summed E-state index contributed by atoms with van der Waals surface area (Å²) >= 11 is 0. The van der Waals surface area contributed by atoms with E-state index in [-0.39, 0.29) is 26.1 Å². The van der Waals surface area contributed by atoms with E-state index in [9.17, 15) is 24.2 Å². The summed E-state index contributed by atoms with van der Waals surface area (Å²) in [5, 5.41) is 10.1. The second-order valence-electron chi connectivity index (χ2n) is 14.8. The standard InChI is InChI=1S/C46H76NO9P/c1-6-8-10-12-14-15-16-17-18-19-20-21-22-23-25-29-33-37-45(49)53-41-44(42-55-57(51,52)54-40-39-47(3,4)5)56-46(50)38-34-30-26-28-32-36-43(48)35-31-27-24-13-11-9-7-2/h8-11,14-15,17-18,20-21,23-25,27,31,35,43-44,48H,6-7,12-13,16,19,22,26,28-30,32-34,36-42H2,1-5H3/b10-8-,11-9+,15-14-,18-17-,21-20-,25-23-,27-24+,35-31+/t43?,44-/m1/s1. The molecule has 1 N–H and O–H groups in total. The van der Waals surface area contributed by atoms with Gasteiger partial charge in [-0.15, -0.1) is 0 Å². The van der Waals surface area contributed by atoms with Crippen molar-refractivity contribution in [2.45, 2.75) is 135 Å². The molecule has 0 heterocycles. The van der Waals surface area contributed by atoms with Crippen molar-refractivity contribution in [1.82, 2.24) is 0 Å². The maximum Gasteiger partial charge on any atom is 0.306 e. The molecule has 2 unspecified atom stereocenters. The molecule has 0 spiro atoms. The summed E-state index contributed by atoms with van der Waals surface area (Å²) < 4.78 is 33.7. The summed E-state index contributed by atoms with van der Waals surface area (Å²) in [6.07, 6.45) is 44.6. The number of ether oxygens (including phenoxy) is 2. The molecule has 0 radical (unpaired) electrons. The molecule has 0 fully saturated rings. The normalized spacial score (nSPS) is 15.1. The van der Waals surface area contributed by atoms with Crippen molar-refractivity contribution >= 4 is 19.8 Å². The van der Waals surface area contributed by atoms with Crippen LogP contribution in [0.25, 0.3) is 0 Å². The molecule has 3 atom stereocenters. The number of unbranched alkanes of at least 4 members (excludes halogenated alkanes) is 5. The van der Waals surface area contributed by atoms with E-state index in [4.69, 9.17) is 18.5 Å². The summed E-state index contributed by atoms with van der Waals surface area (Å²) in [7, 11) is 1.05. The van der Waals surface area contributed by atoms with Crippen molar-refractivity contribution in [1.29, 1.82) is 0 Å². The Bertz CT molecular complexity index is 1310. The molecule has 0 aliphatic heterocycles. The Kier molecular flexibility index (Phi) is 35.2. The highest BCUT2D eigenvalue weighted by molar-refractivity contribution is 7.45. The second kappa shape index (κ2) is 37.2. The summed E-state index contributed by atoms with van der Waals surface area (Å²) in [5.41, 5.74) is 0. The molecule has 0 saturated carbocycles. The Balaban J connectivity index is 4.59. The zero-order chi connectivity index (χ0) is 42.3. The van der Waals surface area contributed by atoms with Gasteiger partial charge in [-0.2, -0.15) is 0 Å². The van der Waals surface area contributed by atoms with Crippen molar-refractivity contribution in [2.24, 2.45) is 0 Å². The Labute approximate surface area is 346 Å². The van der Waals surface area contributed by atoms with Gasteiger partial charge in [0, 0.05) is 12.8 Å². The highest BCUT2D eigenvalue weighted by atomic mass is 31.2. The zero-order valence-corrected chi connectivity index (χ0v) is 36.7. The van der Waals surface area contributed by atoms with Gasteiger partial charge in [-0.05, 0) is 70.6 Å². The average Bonchev–Trinajstić information content (AvgIpc) is 3.15. The van der Waals surface area contributed by atoms with E-state index < -0.39 is 38.6 Å². The van der Waals surface area contributed by atoms with Crippen LogP contribution in [0.1, 0.15) is 123 Å². The Morgan fingerprint density at radius 3 is 1.77 bits per heavy atom. The number of phosphoric ester groups is 1. The lowest BCUT2D eigenvalue weighted by Gasteiger charge is -2.28. The van der Waals surface area contributed by atoms with Gasteiger partial charge in [0.05, 0.1) is 33.9 Å². The van der Waals surface area contributed by atoms with Crippen LogP contribution in [-0.4, -0.2) is 81.2 Å². The van der Waals surface area contributed by atoms with Crippen LogP contribution in [-0.2, 0) is 32.7 Å². The van der Waals surface area contributed by atoms with Gasteiger partial charge in [0.25, 0.3) is 7.82 Å². The second-order valence-corrected chi connectivity index (χ2v) is 16.2. The van der Waals surface area contributed by atoms with E-state index in [0.29, 0.717) is 36.7 Å². The number of likely N-dealkylation sites (N-methyl/N-ethyl adjacent to an activating group) is 1. The van der Waals surface area contributed by atoms with Crippen LogP contribution in [0.5, 0.6) is 0 Å². The molecule has 0 aromatic carbocycles. The molecule has 0 amide bonds. The number of carbonyl (C=O) groups is 2. The Hall–Kier alpha value is -3.11. The first-order valence-electron chi connectivity index (χ1n) is 21.1. The van der Waals surface area contributed by atoms with Crippen molar-refractivity contribution in [3.05, 3.63) is 97.2 Å². The number of allylic oxidation sites excluding steroid dienone is 15. The van der Waals surface area contributed by atoms with E-state index in [0.717, 1.165) is 70.6 Å². The Morgan fingerprint density at radius 2 is 1.18 bits per heavy atom. The van der Waals surface area contributed by atoms with Gasteiger partial charge in [0.2, 0.25) is 0 Å². The first kappa shape index (κ1) is 53.9. The third-order valence-corrected chi connectivity index (χ3v) is 9.17. The summed E-state index contributed by atoms with van der Waals surface area (Å²) in [6.45, 7) is 3.76. The molecule has 0 aliphatic carbocycles. The highest BCUT2D eigenvalue weighted by Gasteiger charge is 2.21. The highest BCUT2D eigenvalue weighted by Crippen LogP contribution is 2.38. The minimum absolute atomic E-state index is 0.0637. The van der Waals surface area contributed by atoms with Gasteiger partial charge >= 0.3 is 11.9 Å². The molecule has 0 aromatic rings. The lowest BCUT2D eigenvalue weighted by atomic mass is 10.1. The SMILES string of the molecule is CC/C=C\C/C=C\C/C=C\C/C=C\C/C=C\CCCC(=O)OC[C@H](COP(=O)([O-])OCC[N+](C)(C)C)OC(=O)CCCCCCCC(O)/C=C/C=C/C/C=C/CC. The molecule has 57 heavy (non-hydrogen) atoms. The predicted octanol–water partition coefficient (Wildman–Crippen LogP) is 10.1. The Morgan fingerprint density at radius 1 is 0.649 bits per heavy atom. The van der Waals surface area contributed by atoms with Gasteiger partial charge in [0.15, 0.2) is 6.10 Å². The number of hydrogen-bond donors (Lipinski definition) is 1. The number of aliphatic hydroxyl groups excluding tert-OH is 1. The van der Waals surface area contributed by atoms with Crippen LogP contribution in [0.4, 0.5) is 0 Å². The van der Waals surface area contributed by atoms with Crippen molar-refractivity contribution in [2.75, 3.05) is 47.5 Å². The van der Waals surface area contributed by atoms with E-state index in [1.165, 1.54) is 0 Å². The average molecular weight is 818 g/mol. The minimum atomic E-state index is -4.67. The van der Waals surface area contributed by atoms with Crippen LogP contribution >= 0.6 is 7.82 Å². The molecular weight excluding hydrogens is 741 g/mol. The number of phosphoric acid groups is 1. The predicted molar refractivity (Wildman–Crippen MR) is 232 cm³/mol. The molecular formula is C46H76NO9P. The number of rotatable bonds is 36. The lowest BCUT2D eigenvalue weighted by Crippen LogP contribution is -2.37. The first-order valence-corrected chi connectivity index (χ1v) is 22.5.